The Hall–Kier alpha value is -2.94. The summed E-state index contributed by atoms with van der Waals surface area (Å²) >= 11 is 11.8. The quantitative estimate of drug-likeness (QED) is 0.528. The largest absolute Gasteiger partial charge is 0.486 e. The predicted octanol–water partition coefficient (Wildman–Crippen LogP) is 4.50. The van der Waals surface area contributed by atoms with Crippen LogP contribution < -0.4 is 19.5 Å². The van der Waals surface area contributed by atoms with Gasteiger partial charge >= 0.3 is 0 Å². The van der Waals surface area contributed by atoms with Gasteiger partial charge in [-0.2, -0.15) is 0 Å². The molecule has 0 saturated carbocycles. The average molecular weight is 493 g/mol. The van der Waals surface area contributed by atoms with E-state index in [2.05, 4.69) is 10.0 Å². The zero-order valence-corrected chi connectivity index (χ0v) is 18.9. The summed E-state index contributed by atoms with van der Waals surface area (Å²) in [7, 11) is -3.91. The zero-order chi connectivity index (χ0) is 22.7. The van der Waals surface area contributed by atoms with Gasteiger partial charge in [-0.3, -0.25) is 9.52 Å². The van der Waals surface area contributed by atoms with Gasteiger partial charge in [0.25, 0.3) is 15.9 Å². The van der Waals surface area contributed by atoms with Crippen LogP contribution in [0.4, 0.5) is 5.69 Å². The highest BCUT2D eigenvalue weighted by Gasteiger charge is 2.17. The van der Waals surface area contributed by atoms with E-state index in [1.807, 2.05) is 12.1 Å². The van der Waals surface area contributed by atoms with E-state index in [0.717, 1.165) is 5.56 Å². The van der Waals surface area contributed by atoms with Crippen molar-refractivity contribution in [1.29, 1.82) is 0 Å². The predicted molar refractivity (Wildman–Crippen MR) is 122 cm³/mol. The first kappa shape index (κ1) is 22.3. The number of rotatable bonds is 6. The minimum Gasteiger partial charge on any atom is -0.486 e. The molecule has 7 nitrogen and oxygen atoms in total. The molecule has 0 unspecified atom stereocenters. The minimum atomic E-state index is -3.91. The van der Waals surface area contributed by atoms with Gasteiger partial charge in [0.2, 0.25) is 0 Å². The van der Waals surface area contributed by atoms with Crippen LogP contribution in [-0.4, -0.2) is 27.5 Å². The van der Waals surface area contributed by atoms with E-state index >= 15 is 0 Å². The van der Waals surface area contributed by atoms with E-state index in [1.54, 1.807) is 24.3 Å². The Kier molecular flexibility index (Phi) is 6.45. The third-order valence-electron chi connectivity index (χ3n) is 4.64. The SMILES string of the molecule is O=C(NCc1ccc2c(c1)OCCO2)c1cccc(NS(=O)(=O)c2ccc(Cl)c(Cl)c2)c1. The normalized spacial score (nSPS) is 12.8. The first-order valence-electron chi connectivity index (χ1n) is 9.56. The van der Waals surface area contributed by atoms with Gasteiger partial charge in [-0.25, -0.2) is 8.42 Å². The lowest BCUT2D eigenvalue weighted by molar-refractivity contribution is 0.0951. The summed E-state index contributed by atoms with van der Waals surface area (Å²) in [6.45, 7) is 1.26. The molecule has 10 heteroatoms. The lowest BCUT2D eigenvalue weighted by Crippen LogP contribution is -2.23. The standard InChI is InChI=1S/C22H18Cl2N2O5S/c23-18-6-5-17(12-19(18)24)32(28,29)26-16-3-1-2-15(11-16)22(27)25-13-14-4-7-20-21(10-14)31-9-8-30-20/h1-7,10-12,26H,8-9,13H2,(H,25,27). The molecule has 1 aliphatic heterocycles. The summed E-state index contributed by atoms with van der Waals surface area (Å²) in [5, 5.41) is 3.19. The van der Waals surface area contributed by atoms with E-state index in [0.29, 0.717) is 30.3 Å². The summed E-state index contributed by atoms with van der Waals surface area (Å²) in [6.07, 6.45) is 0. The molecule has 166 valence electrons. The molecule has 3 aromatic rings. The third kappa shape index (κ3) is 5.09. The number of carbonyl (C=O) groups excluding carboxylic acids is 1. The zero-order valence-electron chi connectivity index (χ0n) is 16.6. The van der Waals surface area contributed by atoms with Crippen LogP contribution >= 0.6 is 23.2 Å². The molecule has 0 atom stereocenters. The number of halogens is 2. The van der Waals surface area contributed by atoms with E-state index < -0.39 is 10.0 Å². The molecule has 1 amide bonds. The molecule has 0 saturated heterocycles. The fraction of sp³-hybridized carbons (Fsp3) is 0.136. The van der Waals surface area contributed by atoms with Gasteiger partial charge in [0.15, 0.2) is 11.5 Å². The number of fused-ring (bicyclic) bond motifs is 1. The van der Waals surface area contributed by atoms with Gasteiger partial charge in [0, 0.05) is 17.8 Å². The number of sulfonamides is 1. The molecule has 1 heterocycles. The number of ether oxygens (including phenoxy) is 2. The average Bonchev–Trinajstić information content (AvgIpc) is 2.79. The maximum absolute atomic E-state index is 12.6. The van der Waals surface area contributed by atoms with Crippen LogP contribution in [0.2, 0.25) is 10.0 Å². The van der Waals surface area contributed by atoms with Crippen molar-refractivity contribution in [3.05, 3.63) is 81.8 Å². The van der Waals surface area contributed by atoms with Crippen molar-refractivity contribution in [2.45, 2.75) is 11.4 Å². The van der Waals surface area contributed by atoms with Crippen molar-refractivity contribution in [3.63, 3.8) is 0 Å². The molecule has 0 aliphatic carbocycles. The fourth-order valence-corrected chi connectivity index (χ4v) is 4.50. The molecule has 4 rings (SSSR count). The van der Waals surface area contributed by atoms with E-state index in [9.17, 15) is 13.2 Å². The Labute approximate surface area is 195 Å². The van der Waals surface area contributed by atoms with Crippen LogP contribution in [0.15, 0.2) is 65.6 Å². The lowest BCUT2D eigenvalue weighted by atomic mass is 10.1. The Morgan fingerprint density at radius 3 is 2.47 bits per heavy atom. The molecule has 0 fully saturated rings. The lowest BCUT2D eigenvalue weighted by Gasteiger charge is -2.19. The molecule has 32 heavy (non-hydrogen) atoms. The number of carbonyl (C=O) groups is 1. The van der Waals surface area contributed by atoms with Gasteiger partial charge in [0.1, 0.15) is 13.2 Å². The van der Waals surface area contributed by atoms with Crippen LogP contribution in [0, 0.1) is 0 Å². The van der Waals surface area contributed by atoms with E-state index in [-0.39, 0.29) is 33.1 Å². The Morgan fingerprint density at radius 1 is 0.906 bits per heavy atom. The highest BCUT2D eigenvalue weighted by atomic mass is 35.5. The highest BCUT2D eigenvalue weighted by molar-refractivity contribution is 7.92. The number of hydrogen-bond acceptors (Lipinski definition) is 5. The third-order valence-corrected chi connectivity index (χ3v) is 6.76. The number of benzene rings is 3. The van der Waals surface area contributed by atoms with Crippen molar-refractivity contribution in [2.75, 3.05) is 17.9 Å². The van der Waals surface area contributed by atoms with Crippen molar-refractivity contribution >= 4 is 44.8 Å². The van der Waals surface area contributed by atoms with Crippen LogP contribution in [0.3, 0.4) is 0 Å². The van der Waals surface area contributed by atoms with Gasteiger partial charge in [-0.15, -0.1) is 0 Å². The summed E-state index contributed by atoms with van der Waals surface area (Å²) < 4.78 is 38.8. The van der Waals surface area contributed by atoms with Crippen LogP contribution in [0.25, 0.3) is 0 Å². The number of amides is 1. The Balaban J connectivity index is 1.44. The molecule has 2 N–H and O–H groups in total. The van der Waals surface area contributed by atoms with E-state index in [1.165, 1.54) is 24.3 Å². The maximum Gasteiger partial charge on any atom is 0.261 e. The topological polar surface area (TPSA) is 93.7 Å². The van der Waals surface area contributed by atoms with Crippen LogP contribution in [0.5, 0.6) is 11.5 Å². The Bertz CT molecular complexity index is 1280. The van der Waals surface area contributed by atoms with Gasteiger partial charge < -0.3 is 14.8 Å². The molecule has 0 spiro atoms. The van der Waals surface area contributed by atoms with E-state index in [4.69, 9.17) is 32.7 Å². The monoisotopic (exact) mass is 492 g/mol. The van der Waals surface area contributed by atoms with Crippen molar-refractivity contribution in [2.24, 2.45) is 0 Å². The molecule has 0 aromatic heterocycles. The molecule has 1 aliphatic rings. The molecule has 0 bridgehead atoms. The summed E-state index contributed by atoms with van der Waals surface area (Å²) in [5.41, 5.74) is 1.39. The van der Waals surface area contributed by atoms with Gasteiger partial charge in [0.05, 0.1) is 14.9 Å². The second-order valence-electron chi connectivity index (χ2n) is 6.92. The minimum absolute atomic E-state index is 0.0413. The number of nitrogens with one attached hydrogen (secondary N) is 2. The maximum atomic E-state index is 12.6. The molecule has 3 aromatic carbocycles. The second kappa shape index (κ2) is 9.28. The smallest absolute Gasteiger partial charge is 0.261 e. The summed E-state index contributed by atoms with van der Waals surface area (Å²) in [4.78, 5) is 12.6. The van der Waals surface area contributed by atoms with Crippen molar-refractivity contribution in [3.8, 4) is 11.5 Å². The number of anilines is 1. The fourth-order valence-electron chi connectivity index (χ4n) is 3.06. The molecular formula is C22H18Cl2N2O5S. The van der Waals surface area contributed by atoms with Crippen LogP contribution in [-0.2, 0) is 16.6 Å². The summed E-state index contributed by atoms with van der Waals surface area (Å²) in [5.74, 6) is 0.963. The Morgan fingerprint density at radius 2 is 1.69 bits per heavy atom. The molecular weight excluding hydrogens is 475 g/mol. The van der Waals surface area contributed by atoms with Crippen molar-refractivity contribution < 1.29 is 22.7 Å². The number of hydrogen-bond donors (Lipinski definition) is 2. The van der Waals surface area contributed by atoms with Crippen molar-refractivity contribution in [1.82, 2.24) is 5.32 Å². The highest BCUT2D eigenvalue weighted by Crippen LogP contribution is 2.31. The van der Waals surface area contributed by atoms with Crippen LogP contribution in [0.1, 0.15) is 15.9 Å². The molecule has 0 radical (unpaired) electrons. The first-order valence-corrected chi connectivity index (χ1v) is 11.8. The first-order chi connectivity index (χ1) is 15.3. The second-order valence-corrected chi connectivity index (χ2v) is 9.42. The summed E-state index contributed by atoms with van der Waals surface area (Å²) in [6, 6.07) is 15.7. The van der Waals surface area contributed by atoms with Gasteiger partial charge in [-0.1, -0.05) is 35.3 Å². The van der Waals surface area contributed by atoms with Gasteiger partial charge in [-0.05, 0) is 54.1 Å².